The van der Waals surface area contributed by atoms with Gasteiger partial charge in [-0.3, -0.25) is 4.79 Å². The van der Waals surface area contributed by atoms with Gasteiger partial charge in [-0.05, 0) is 29.6 Å². The van der Waals surface area contributed by atoms with Crippen molar-refractivity contribution in [2.45, 2.75) is 68.2 Å². The molecule has 0 aromatic heterocycles. The number of aliphatic hydroxyl groups excluding tert-OH is 1. The van der Waals surface area contributed by atoms with Crippen LogP contribution in [0.3, 0.4) is 0 Å². The molecule has 0 aliphatic carbocycles. The number of aliphatic hydroxyl groups is 1. The number of rotatable bonds is 11. The van der Waals surface area contributed by atoms with Crippen LogP contribution in [0.4, 0.5) is 0 Å². The minimum atomic E-state index is -0.409. The maximum Gasteiger partial charge on any atom is 0.225 e. The molecule has 2 N–H and O–H groups in total. The summed E-state index contributed by atoms with van der Waals surface area (Å²) in [6, 6.07) is 0. The maximum absolute atomic E-state index is 12.5. The van der Waals surface area contributed by atoms with Crippen LogP contribution in [0.1, 0.15) is 68.2 Å². The van der Waals surface area contributed by atoms with Crippen molar-refractivity contribution in [2.75, 3.05) is 26.4 Å². The third kappa shape index (κ3) is 8.71. The largest absolute Gasteiger partial charge is 0.394 e. The van der Waals surface area contributed by atoms with Gasteiger partial charge in [0.05, 0.1) is 19.8 Å². The highest BCUT2D eigenvalue weighted by atomic mass is 16.5. The summed E-state index contributed by atoms with van der Waals surface area (Å²) in [5, 5.41) is 11.6. The molecule has 0 heterocycles. The van der Waals surface area contributed by atoms with E-state index in [9.17, 15) is 4.79 Å². The first-order valence-corrected chi connectivity index (χ1v) is 8.81. The van der Waals surface area contributed by atoms with Gasteiger partial charge in [0, 0.05) is 12.0 Å². The van der Waals surface area contributed by atoms with E-state index < -0.39 is 5.41 Å². The average Bonchev–Trinajstić information content (AvgIpc) is 2.35. The van der Waals surface area contributed by atoms with Gasteiger partial charge in [0.2, 0.25) is 5.91 Å². The van der Waals surface area contributed by atoms with Crippen molar-refractivity contribution in [1.82, 2.24) is 5.32 Å². The van der Waals surface area contributed by atoms with Gasteiger partial charge in [0.15, 0.2) is 0 Å². The molecule has 0 aromatic carbocycles. The third-order valence-electron chi connectivity index (χ3n) is 4.80. The molecule has 0 aromatic rings. The lowest BCUT2D eigenvalue weighted by molar-refractivity contribution is -0.131. The van der Waals surface area contributed by atoms with E-state index in [1.807, 2.05) is 13.8 Å². The van der Waals surface area contributed by atoms with Gasteiger partial charge in [0.1, 0.15) is 0 Å². The molecule has 0 fully saturated rings. The highest BCUT2D eigenvalue weighted by Gasteiger charge is 2.38. The Balaban J connectivity index is 4.54. The number of amides is 1. The molecule has 4 nitrogen and oxygen atoms in total. The van der Waals surface area contributed by atoms with Gasteiger partial charge in [-0.1, -0.05) is 55.4 Å². The van der Waals surface area contributed by atoms with Crippen LogP contribution in [0, 0.1) is 22.2 Å². The Morgan fingerprint density at radius 2 is 1.61 bits per heavy atom. The van der Waals surface area contributed by atoms with Crippen molar-refractivity contribution in [3.8, 4) is 0 Å². The summed E-state index contributed by atoms with van der Waals surface area (Å²) in [7, 11) is 0. The first-order chi connectivity index (χ1) is 10.3. The fraction of sp³-hybridized carbons (Fsp3) is 0.947. The highest BCUT2D eigenvalue weighted by Crippen LogP contribution is 2.44. The van der Waals surface area contributed by atoms with E-state index in [2.05, 4.69) is 46.9 Å². The van der Waals surface area contributed by atoms with Crippen LogP contribution >= 0.6 is 0 Å². The van der Waals surface area contributed by atoms with Crippen molar-refractivity contribution in [3.05, 3.63) is 0 Å². The summed E-state index contributed by atoms with van der Waals surface area (Å²) in [5.74, 6) is 0.683. The zero-order chi connectivity index (χ0) is 18.3. The second-order valence-electron chi connectivity index (χ2n) is 9.14. The van der Waals surface area contributed by atoms with Gasteiger partial charge in [-0.2, -0.15) is 0 Å². The SMILES string of the molecule is CC(C)C(C)(C)CC(C)(C)CC(C)(C)C(=O)NCCOCCO. The van der Waals surface area contributed by atoms with Gasteiger partial charge in [-0.25, -0.2) is 0 Å². The normalized spacial score (nSPS) is 13.5. The van der Waals surface area contributed by atoms with Crippen molar-refractivity contribution in [3.63, 3.8) is 0 Å². The summed E-state index contributed by atoms with van der Waals surface area (Å²) in [5.41, 5.74) is -0.0519. The molecule has 138 valence electrons. The van der Waals surface area contributed by atoms with Crippen LogP contribution in [-0.2, 0) is 9.53 Å². The molecule has 1 amide bonds. The van der Waals surface area contributed by atoms with E-state index in [0.29, 0.717) is 25.7 Å². The molecule has 0 saturated carbocycles. The minimum absolute atomic E-state index is 0.0132. The number of carbonyl (C=O) groups is 1. The predicted octanol–water partition coefficient (Wildman–Crippen LogP) is 3.63. The van der Waals surface area contributed by atoms with E-state index in [1.165, 1.54) is 0 Å². The van der Waals surface area contributed by atoms with Crippen molar-refractivity contribution >= 4 is 5.91 Å². The lowest BCUT2D eigenvalue weighted by Crippen LogP contribution is -2.42. The second-order valence-corrected chi connectivity index (χ2v) is 9.14. The van der Waals surface area contributed by atoms with E-state index >= 15 is 0 Å². The van der Waals surface area contributed by atoms with Crippen LogP contribution in [0.25, 0.3) is 0 Å². The van der Waals surface area contributed by atoms with Gasteiger partial charge in [-0.15, -0.1) is 0 Å². The Hall–Kier alpha value is -0.610. The van der Waals surface area contributed by atoms with E-state index in [4.69, 9.17) is 9.84 Å². The van der Waals surface area contributed by atoms with E-state index in [-0.39, 0.29) is 23.3 Å². The third-order valence-corrected chi connectivity index (χ3v) is 4.80. The second kappa shape index (κ2) is 9.03. The zero-order valence-electron chi connectivity index (χ0n) is 16.6. The molecule has 0 rings (SSSR count). The summed E-state index contributed by atoms with van der Waals surface area (Å²) in [6.45, 7) is 19.0. The molecular formula is C19H39NO3. The molecular weight excluding hydrogens is 290 g/mol. The molecule has 0 unspecified atom stereocenters. The standard InChI is InChI=1S/C19H39NO3/c1-15(2)18(5,6)13-17(3,4)14-19(7,8)16(22)20-9-11-23-12-10-21/h15,21H,9-14H2,1-8H3,(H,20,22). The van der Waals surface area contributed by atoms with E-state index in [1.54, 1.807) is 0 Å². The fourth-order valence-electron chi connectivity index (χ4n) is 3.42. The molecule has 0 aliphatic heterocycles. The molecule has 0 atom stereocenters. The Morgan fingerprint density at radius 1 is 1.04 bits per heavy atom. The van der Waals surface area contributed by atoms with E-state index in [0.717, 1.165) is 12.8 Å². The molecule has 4 heteroatoms. The number of hydrogen-bond acceptors (Lipinski definition) is 3. The Morgan fingerprint density at radius 3 is 2.09 bits per heavy atom. The van der Waals surface area contributed by atoms with Crippen LogP contribution < -0.4 is 5.32 Å². The monoisotopic (exact) mass is 329 g/mol. The lowest BCUT2D eigenvalue weighted by Gasteiger charge is -2.41. The van der Waals surface area contributed by atoms with Gasteiger partial charge < -0.3 is 15.2 Å². The number of carbonyl (C=O) groups excluding carboxylic acids is 1. The summed E-state index contributed by atoms with van der Waals surface area (Å²) < 4.78 is 5.17. The van der Waals surface area contributed by atoms with Crippen molar-refractivity contribution in [2.24, 2.45) is 22.2 Å². The summed E-state index contributed by atoms with van der Waals surface area (Å²) in [4.78, 5) is 12.5. The Labute approximate surface area is 143 Å². The summed E-state index contributed by atoms with van der Waals surface area (Å²) >= 11 is 0. The average molecular weight is 330 g/mol. The number of nitrogens with one attached hydrogen (secondary N) is 1. The maximum atomic E-state index is 12.5. The fourth-order valence-corrected chi connectivity index (χ4v) is 3.42. The molecule has 23 heavy (non-hydrogen) atoms. The number of hydrogen-bond donors (Lipinski definition) is 2. The Kier molecular flexibility index (Phi) is 8.79. The highest BCUT2D eigenvalue weighted by molar-refractivity contribution is 5.81. The first kappa shape index (κ1) is 22.4. The smallest absolute Gasteiger partial charge is 0.225 e. The topological polar surface area (TPSA) is 58.6 Å². The quantitative estimate of drug-likeness (QED) is 0.569. The molecule has 0 bridgehead atoms. The van der Waals surface area contributed by atoms with Crippen molar-refractivity contribution in [1.29, 1.82) is 0 Å². The molecule has 0 aliphatic rings. The van der Waals surface area contributed by atoms with Crippen LogP contribution in [-0.4, -0.2) is 37.4 Å². The van der Waals surface area contributed by atoms with Crippen molar-refractivity contribution < 1.29 is 14.6 Å². The Bertz CT molecular complexity index is 360. The zero-order valence-corrected chi connectivity index (χ0v) is 16.6. The number of ether oxygens (including phenoxy) is 1. The molecule has 0 saturated heterocycles. The molecule has 0 radical (unpaired) electrons. The van der Waals surface area contributed by atoms with Crippen LogP contribution in [0.5, 0.6) is 0 Å². The van der Waals surface area contributed by atoms with Gasteiger partial charge >= 0.3 is 0 Å². The predicted molar refractivity (Wildman–Crippen MR) is 96.3 cm³/mol. The molecule has 0 spiro atoms. The van der Waals surface area contributed by atoms with Gasteiger partial charge in [0.25, 0.3) is 0 Å². The first-order valence-electron chi connectivity index (χ1n) is 8.81. The summed E-state index contributed by atoms with van der Waals surface area (Å²) in [6.07, 6.45) is 1.94. The van der Waals surface area contributed by atoms with Crippen LogP contribution in [0.2, 0.25) is 0 Å². The lowest BCUT2D eigenvalue weighted by atomic mass is 9.64. The minimum Gasteiger partial charge on any atom is -0.394 e. The van der Waals surface area contributed by atoms with Crippen LogP contribution in [0.15, 0.2) is 0 Å².